The van der Waals surface area contributed by atoms with Gasteiger partial charge in [0, 0.05) is 5.69 Å². The Labute approximate surface area is 108 Å². The minimum atomic E-state index is -0.493. The topological polar surface area (TPSA) is 92.9 Å². The SMILES string of the molecule is Cc1ccc(NC(=O)c2cncc(NN)n2)cc1F. The van der Waals surface area contributed by atoms with E-state index in [1.165, 1.54) is 18.5 Å². The number of nitrogens with one attached hydrogen (secondary N) is 2. The normalized spacial score (nSPS) is 10.1. The molecule has 4 N–H and O–H groups in total. The van der Waals surface area contributed by atoms with Crippen molar-refractivity contribution in [3.63, 3.8) is 0 Å². The Kier molecular flexibility index (Phi) is 3.67. The highest BCUT2D eigenvalue weighted by molar-refractivity contribution is 6.02. The predicted octanol–water partition coefficient (Wildman–Crippen LogP) is 1.46. The molecular formula is C12H12FN5O. The first kappa shape index (κ1) is 12.9. The fourth-order valence-corrected chi connectivity index (χ4v) is 1.41. The van der Waals surface area contributed by atoms with Gasteiger partial charge in [0.2, 0.25) is 0 Å². The Balaban J connectivity index is 2.18. The van der Waals surface area contributed by atoms with E-state index in [0.717, 1.165) is 0 Å². The van der Waals surface area contributed by atoms with E-state index >= 15 is 0 Å². The van der Waals surface area contributed by atoms with E-state index in [1.54, 1.807) is 19.1 Å². The maximum absolute atomic E-state index is 13.3. The molecule has 1 aromatic heterocycles. The Morgan fingerprint density at radius 1 is 1.37 bits per heavy atom. The largest absolute Gasteiger partial charge is 0.321 e. The van der Waals surface area contributed by atoms with Gasteiger partial charge in [0.15, 0.2) is 5.82 Å². The van der Waals surface area contributed by atoms with Gasteiger partial charge in [0.25, 0.3) is 5.91 Å². The van der Waals surface area contributed by atoms with Gasteiger partial charge in [0.05, 0.1) is 12.4 Å². The second kappa shape index (κ2) is 5.40. The summed E-state index contributed by atoms with van der Waals surface area (Å²) in [6.45, 7) is 1.64. The van der Waals surface area contributed by atoms with Crippen LogP contribution in [0.15, 0.2) is 30.6 Å². The zero-order valence-electron chi connectivity index (χ0n) is 10.1. The minimum Gasteiger partial charge on any atom is -0.321 e. The van der Waals surface area contributed by atoms with Crippen molar-refractivity contribution in [2.45, 2.75) is 6.92 Å². The maximum atomic E-state index is 13.3. The third kappa shape index (κ3) is 3.02. The molecule has 2 rings (SSSR count). The number of aromatic nitrogens is 2. The average Bonchev–Trinajstić information content (AvgIpc) is 2.43. The van der Waals surface area contributed by atoms with E-state index in [4.69, 9.17) is 5.84 Å². The van der Waals surface area contributed by atoms with Gasteiger partial charge < -0.3 is 10.7 Å². The number of halogens is 1. The summed E-state index contributed by atoms with van der Waals surface area (Å²) in [6.07, 6.45) is 2.67. The van der Waals surface area contributed by atoms with Crippen LogP contribution in [-0.4, -0.2) is 15.9 Å². The first-order chi connectivity index (χ1) is 9.10. The summed E-state index contributed by atoms with van der Waals surface area (Å²) >= 11 is 0. The van der Waals surface area contributed by atoms with Gasteiger partial charge in [0.1, 0.15) is 11.5 Å². The number of nitrogens with two attached hydrogens (primary N) is 1. The maximum Gasteiger partial charge on any atom is 0.275 e. The third-order valence-corrected chi connectivity index (χ3v) is 2.44. The molecule has 0 saturated heterocycles. The fraction of sp³-hybridized carbons (Fsp3) is 0.0833. The summed E-state index contributed by atoms with van der Waals surface area (Å²) in [5.74, 6) is 4.56. The van der Waals surface area contributed by atoms with E-state index in [0.29, 0.717) is 11.3 Å². The van der Waals surface area contributed by atoms with Crippen molar-refractivity contribution in [3.05, 3.63) is 47.7 Å². The summed E-state index contributed by atoms with van der Waals surface area (Å²) in [7, 11) is 0. The van der Waals surface area contributed by atoms with Gasteiger partial charge in [-0.25, -0.2) is 15.2 Å². The van der Waals surface area contributed by atoms with Crippen molar-refractivity contribution in [2.24, 2.45) is 5.84 Å². The number of hydrogen-bond acceptors (Lipinski definition) is 5. The smallest absolute Gasteiger partial charge is 0.275 e. The number of rotatable bonds is 3. The number of hydrogen-bond donors (Lipinski definition) is 3. The minimum absolute atomic E-state index is 0.0800. The quantitative estimate of drug-likeness (QED) is 0.574. The van der Waals surface area contributed by atoms with E-state index < -0.39 is 5.91 Å². The number of nitrogens with zero attached hydrogens (tertiary/aromatic N) is 2. The number of benzene rings is 1. The molecule has 0 fully saturated rings. The van der Waals surface area contributed by atoms with Crippen molar-refractivity contribution < 1.29 is 9.18 Å². The highest BCUT2D eigenvalue weighted by atomic mass is 19.1. The van der Waals surface area contributed by atoms with E-state index in [9.17, 15) is 9.18 Å². The molecule has 1 heterocycles. The second-order valence-electron chi connectivity index (χ2n) is 3.85. The van der Waals surface area contributed by atoms with Crippen LogP contribution in [0.4, 0.5) is 15.9 Å². The van der Waals surface area contributed by atoms with Crippen molar-refractivity contribution in [1.29, 1.82) is 0 Å². The van der Waals surface area contributed by atoms with E-state index in [1.807, 2.05) is 0 Å². The fourth-order valence-electron chi connectivity index (χ4n) is 1.41. The van der Waals surface area contributed by atoms with Crippen molar-refractivity contribution in [1.82, 2.24) is 9.97 Å². The van der Waals surface area contributed by atoms with Crippen LogP contribution in [0.3, 0.4) is 0 Å². The molecule has 0 aliphatic rings. The van der Waals surface area contributed by atoms with Crippen LogP contribution < -0.4 is 16.6 Å². The summed E-state index contributed by atoms with van der Waals surface area (Å²) in [5.41, 5.74) is 3.22. The summed E-state index contributed by atoms with van der Waals surface area (Å²) in [4.78, 5) is 19.6. The molecular weight excluding hydrogens is 249 g/mol. The predicted molar refractivity (Wildman–Crippen MR) is 68.9 cm³/mol. The molecule has 19 heavy (non-hydrogen) atoms. The first-order valence-electron chi connectivity index (χ1n) is 5.46. The zero-order valence-corrected chi connectivity index (χ0v) is 10.1. The molecule has 0 saturated carbocycles. The molecule has 0 bridgehead atoms. The van der Waals surface area contributed by atoms with Gasteiger partial charge in [-0.05, 0) is 24.6 Å². The molecule has 1 amide bonds. The Morgan fingerprint density at radius 2 is 2.16 bits per heavy atom. The molecule has 2 aromatic rings. The third-order valence-electron chi connectivity index (χ3n) is 2.44. The average molecular weight is 261 g/mol. The van der Waals surface area contributed by atoms with Gasteiger partial charge >= 0.3 is 0 Å². The van der Waals surface area contributed by atoms with Crippen molar-refractivity contribution >= 4 is 17.4 Å². The van der Waals surface area contributed by atoms with E-state index in [-0.39, 0.29) is 17.3 Å². The molecule has 7 heteroatoms. The Bertz CT molecular complexity index is 617. The number of nitrogen functional groups attached to an aromatic ring is 1. The zero-order chi connectivity index (χ0) is 13.8. The van der Waals surface area contributed by atoms with Crippen LogP contribution in [0.2, 0.25) is 0 Å². The summed E-state index contributed by atoms with van der Waals surface area (Å²) in [6, 6.07) is 4.43. The van der Waals surface area contributed by atoms with Crippen LogP contribution in [-0.2, 0) is 0 Å². The van der Waals surface area contributed by atoms with Gasteiger partial charge in [-0.1, -0.05) is 6.07 Å². The lowest BCUT2D eigenvalue weighted by Gasteiger charge is -2.06. The molecule has 0 spiro atoms. The monoisotopic (exact) mass is 261 g/mol. The van der Waals surface area contributed by atoms with Crippen LogP contribution >= 0.6 is 0 Å². The lowest BCUT2D eigenvalue weighted by Crippen LogP contribution is -2.16. The summed E-state index contributed by atoms with van der Waals surface area (Å²) < 4.78 is 13.3. The number of carbonyl (C=O) groups excluding carboxylic acids is 1. The number of hydrazine groups is 1. The number of aryl methyl sites for hydroxylation is 1. The highest BCUT2D eigenvalue weighted by Crippen LogP contribution is 2.14. The van der Waals surface area contributed by atoms with Crippen LogP contribution in [0.25, 0.3) is 0 Å². The highest BCUT2D eigenvalue weighted by Gasteiger charge is 2.10. The standard InChI is InChI=1S/C12H12FN5O/c1-7-2-3-8(4-9(7)13)16-12(19)10-5-15-6-11(17-10)18-14/h2-6H,14H2,1H3,(H,16,19)(H,17,18). The van der Waals surface area contributed by atoms with Crippen molar-refractivity contribution in [2.75, 3.05) is 10.7 Å². The lowest BCUT2D eigenvalue weighted by molar-refractivity contribution is 0.102. The Morgan fingerprint density at radius 3 is 2.84 bits per heavy atom. The van der Waals surface area contributed by atoms with Gasteiger partial charge in [-0.2, -0.15) is 0 Å². The van der Waals surface area contributed by atoms with E-state index in [2.05, 4.69) is 20.7 Å². The Hall–Kier alpha value is -2.54. The molecule has 0 aliphatic carbocycles. The van der Waals surface area contributed by atoms with Gasteiger partial charge in [-0.3, -0.25) is 9.78 Å². The van der Waals surface area contributed by atoms with Crippen LogP contribution in [0, 0.1) is 12.7 Å². The molecule has 6 nitrogen and oxygen atoms in total. The number of amides is 1. The summed E-state index contributed by atoms with van der Waals surface area (Å²) in [5, 5.41) is 2.53. The molecule has 0 unspecified atom stereocenters. The molecule has 0 atom stereocenters. The van der Waals surface area contributed by atoms with Crippen molar-refractivity contribution in [3.8, 4) is 0 Å². The number of carbonyl (C=O) groups is 1. The molecule has 0 radical (unpaired) electrons. The van der Waals surface area contributed by atoms with Gasteiger partial charge in [-0.15, -0.1) is 0 Å². The second-order valence-corrected chi connectivity index (χ2v) is 3.85. The molecule has 1 aromatic carbocycles. The number of anilines is 2. The van der Waals surface area contributed by atoms with Crippen LogP contribution in [0.1, 0.15) is 16.1 Å². The molecule has 0 aliphatic heterocycles. The first-order valence-corrected chi connectivity index (χ1v) is 5.46. The lowest BCUT2D eigenvalue weighted by atomic mass is 10.2. The van der Waals surface area contributed by atoms with Crippen LogP contribution in [0.5, 0.6) is 0 Å². The molecule has 98 valence electrons.